The minimum atomic E-state index is -0.0808. The van der Waals surface area contributed by atoms with Gasteiger partial charge in [-0.05, 0) is 34.4 Å². The molecule has 0 saturated carbocycles. The first kappa shape index (κ1) is 15.8. The summed E-state index contributed by atoms with van der Waals surface area (Å²) in [6.07, 6.45) is 0. The molecule has 0 aromatic heterocycles. The molecule has 82 valence electrons. The number of hydrogen-bond acceptors (Lipinski definition) is 2. The first-order valence-corrected chi connectivity index (χ1v) is 5.09. The predicted molar refractivity (Wildman–Crippen MR) is 79.1 cm³/mol. The molecule has 2 N–H and O–H groups in total. The molecule has 0 bridgehead atoms. The Hall–Kier alpha value is -0.220. The average Bonchev–Trinajstić information content (AvgIpc) is 2.32. The molecule has 2 nitrogen and oxygen atoms in total. The van der Waals surface area contributed by atoms with Crippen LogP contribution in [0.2, 0.25) is 0 Å². The van der Waals surface area contributed by atoms with Crippen LogP contribution in [0.3, 0.4) is 0 Å². The number of phenolic OH excluding ortho intramolecular Hbond substituents is 2. The number of rotatable bonds is 0. The van der Waals surface area contributed by atoms with Crippen molar-refractivity contribution < 1.29 is 10.2 Å². The summed E-state index contributed by atoms with van der Waals surface area (Å²) < 4.78 is 0. The number of benzene rings is 3. The van der Waals surface area contributed by atoms with Gasteiger partial charge < -0.3 is 10.2 Å². The van der Waals surface area contributed by atoms with E-state index < -0.39 is 0 Å². The first-order chi connectivity index (χ1) is 7.75. The zero-order valence-electron chi connectivity index (χ0n) is 8.51. The molecule has 3 aromatic carbocycles. The summed E-state index contributed by atoms with van der Waals surface area (Å²) in [5.74, 6) is -0.133. The van der Waals surface area contributed by atoms with Gasteiger partial charge in [-0.25, -0.2) is 0 Å². The summed E-state index contributed by atoms with van der Waals surface area (Å²) in [6.45, 7) is 0. The molecule has 0 aliphatic rings. The fourth-order valence-corrected chi connectivity index (χ4v) is 1.99. The molecule has 0 spiro atoms. The van der Waals surface area contributed by atoms with Crippen molar-refractivity contribution in [3.8, 4) is 11.5 Å². The van der Waals surface area contributed by atoms with Gasteiger partial charge in [-0.1, -0.05) is 30.3 Å². The van der Waals surface area contributed by atoms with Gasteiger partial charge in [0.15, 0.2) is 11.5 Å². The number of fused-ring (bicyclic) bond motifs is 2. The zero-order valence-corrected chi connectivity index (χ0v) is 8.51. The van der Waals surface area contributed by atoms with Gasteiger partial charge in [0.2, 0.25) is 0 Å². The Kier molecular flexibility index (Phi) is 5.53. The number of phenols is 2. The maximum atomic E-state index is 9.77. The summed E-state index contributed by atoms with van der Waals surface area (Å²) >= 11 is 0. The summed E-state index contributed by atoms with van der Waals surface area (Å²) in [5, 5.41) is 23.0. The van der Waals surface area contributed by atoms with Crippen molar-refractivity contribution in [2.75, 3.05) is 0 Å². The molecule has 0 aliphatic carbocycles. The molecule has 0 fully saturated rings. The number of aromatic hydroxyl groups is 2. The molecule has 0 atom stereocenters. The molecule has 0 heterocycles. The van der Waals surface area contributed by atoms with Crippen LogP contribution in [0.1, 0.15) is 0 Å². The van der Waals surface area contributed by atoms with Gasteiger partial charge in [-0.15, -0.1) is 0 Å². The molecular formula is C14H12Na2O2. The standard InChI is InChI=1S/C14H10O2.2Na.2H/c15-13-6-5-11-7-9-3-1-2-4-10(9)8-12(11)14(13)16;;;;/h1-8,15-16H;;;;. The third kappa shape index (κ3) is 2.69. The fraction of sp³-hybridized carbons (Fsp3) is 0. The minimum absolute atomic E-state index is 0. The topological polar surface area (TPSA) is 40.5 Å². The van der Waals surface area contributed by atoms with Crippen LogP contribution in [-0.4, -0.2) is 69.3 Å². The molecule has 0 saturated heterocycles. The van der Waals surface area contributed by atoms with E-state index in [0.29, 0.717) is 5.39 Å². The Morgan fingerprint density at radius 2 is 1.28 bits per heavy atom. The Labute approximate surface area is 149 Å². The van der Waals surface area contributed by atoms with Crippen molar-refractivity contribution in [1.82, 2.24) is 0 Å². The Balaban J connectivity index is 0.000000810. The summed E-state index contributed by atoms with van der Waals surface area (Å²) in [7, 11) is 0. The van der Waals surface area contributed by atoms with E-state index in [9.17, 15) is 10.2 Å². The van der Waals surface area contributed by atoms with Crippen LogP contribution in [0.4, 0.5) is 0 Å². The van der Waals surface area contributed by atoms with Gasteiger partial charge in [0, 0.05) is 5.39 Å². The monoisotopic (exact) mass is 258 g/mol. The van der Waals surface area contributed by atoms with Crippen molar-refractivity contribution in [3.63, 3.8) is 0 Å². The quantitative estimate of drug-likeness (QED) is 0.368. The maximum absolute atomic E-state index is 9.77. The van der Waals surface area contributed by atoms with E-state index in [1.54, 1.807) is 6.07 Å². The van der Waals surface area contributed by atoms with E-state index in [0.717, 1.165) is 16.2 Å². The normalized spacial score (nSPS) is 9.78. The molecule has 0 aliphatic heterocycles. The van der Waals surface area contributed by atoms with Gasteiger partial charge in [0.05, 0.1) is 0 Å². The SMILES string of the molecule is Oc1ccc2cc3ccccc3cc2c1O.[NaH].[NaH]. The Bertz CT molecular complexity index is 696. The Morgan fingerprint density at radius 1 is 0.667 bits per heavy atom. The Morgan fingerprint density at radius 3 is 1.94 bits per heavy atom. The molecule has 0 unspecified atom stereocenters. The summed E-state index contributed by atoms with van der Waals surface area (Å²) in [4.78, 5) is 0. The van der Waals surface area contributed by atoms with E-state index in [1.165, 1.54) is 6.07 Å². The van der Waals surface area contributed by atoms with Crippen LogP contribution < -0.4 is 0 Å². The van der Waals surface area contributed by atoms with Crippen LogP contribution in [-0.2, 0) is 0 Å². The van der Waals surface area contributed by atoms with E-state index in [1.807, 2.05) is 36.4 Å². The first-order valence-electron chi connectivity index (χ1n) is 5.09. The second-order valence-corrected chi connectivity index (χ2v) is 3.85. The summed E-state index contributed by atoms with van der Waals surface area (Å²) in [6, 6.07) is 15.1. The van der Waals surface area contributed by atoms with Gasteiger partial charge in [-0.2, -0.15) is 0 Å². The number of hydrogen-bond donors (Lipinski definition) is 2. The molecule has 0 amide bonds. The molecule has 4 heteroatoms. The zero-order chi connectivity index (χ0) is 11.1. The molecular weight excluding hydrogens is 246 g/mol. The van der Waals surface area contributed by atoms with Gasteiger partial charge in [-0.3, -0.25) is 0 Å². The van der Waals surface area contributed by atoms with Crippen molar-refractivity contribution >= 4 is 80.7 Å². The van der Waals surface area contributed by atoms with E-state index in [2.05, 4.69) is 0 Å². The second kappa shape index (κ2) is 6.29. The van der Waals surface area contributed by atoms with Gasteiger partial charge >= 0.3 is 59.1 Å². The van der Waals surface area contributed by atoms with Gasteiger partial charge in [0.25, 0.3) is 0 Å². The van der Waals surface area contributed by atoms with Crippen molar-refractivity contribution in [1.29, 1.82) is 0 Å². The van der Waals surface area contributed by atoms with Crippen LogP contribution in [0.25, 0.3) is 21.5 Å². The van der Waals surface area contributed by atoms with Crippen molar-refractivity contribution in [2.24, 2.45) is 0 Å². The van der Waals surface area contributed by atoms with Crippen LogP contribution in [0.15, 0.2) is 48.5 Å². The van der Waals surface area contributed by atoms with Crippen LogP contribution >= 0.6 is 0 Å². The second-order valence-electron chi connectivity index (χ2n) is 3.85. The predicted octanol–water partition coefficient (Wildman–Crippen LogP) is 2.11. The third-order valence-corrected chi connectivity index (χ3v) is 2.84. The van der Waals surface area contributed by atoms with E-state index in [-0.39, 0.29) is 70.6 Å². The fourth-order valence-electron chi connectivity index (χ4n) is 1.99. The average molecular weight is 258 g/mol. The molecule has 0 radical (unpaired) electrons. The molecule has 18 heavy (non-hydrogen) atoms. The van der Waals surface area contributed by atoms with Gasteiger partial charge in [0.1, 0.15) is 0 Å². The van der Waals surface area contributed by atoms with Crippen molar-refractivity contribution in [3.05, 3.63) is 48.5 Å². The third-order valence-electron chi connectivity index (χ3n) is 2.84. The van der Waals surface area contributed by atoms with Crippen molar-refractivity contribution in [2.45, 2.75) is 0 Å². The van der Waals surface area contributed by atoms with E-state index >= 15 is 0 Å². The van der Waals surface area contributed by atoms with E-state index in [4.69, 9.17) is 0 Å². The molecule has 3 aromatic rings. The molecule has 3 rings (SSSR count). The summed E-state index contributed by atoms with van der Waals surface area (Å²) in [5.41, 5.74) is 0. The van der Waals surface area contributed by atoms with Crippen LogP contribution in [0, 0.1) is 0 Å². The van der Waals surface area contributed by atoms with Crippen LogP contribution in [0.5, 0.6) is 11.5 Å².